The third-order valence-electron chi connectivity index (χ3n) is 6.61. The van der Waals surface area contributed by atoms with Crippen LogP contribution < -0.4 is 0 Å². The monoisotopic (exact) mass is 402 g/mol. The number of hydrogen-bond acceptors (Lipinski definition) is 5. The van der Waals surface area contributed by atoms with Crippen molar-refractivity contribution >= 4 is 0 Å². The lowest BCUT2D eigenvalue weighted by Gasteiger charge is -2.40. The van der Waals surface area contributed by atoms with Crippen molar-refractivity contribution in [2.24, 2.45) is 5.41 Å². The van der Waals surface area contributed by atoms with Crippen LogP contribution in [0.5, 0.6) is 0 Å². The number of benzene rings is 2. The molecule has 2 aliphatic rings. The molecule has 30 heavy (non-hydrogen) atoms. The number of piperidine rings is 1. The Bertz CT molecular complexity index is 986. The third kappa shape index (κ3) is 4.32. The molecule has 0 N–H and O–H groups in total. The van der Waals surface area contributed by atoms with Gasteiger partial charge in [-0.25, -0.2) is 0 Å². The molecule has 156 valence electrons. The Morgan fingerprint density at radius 2 is 1.77 bits per heavy atom. The lowest BCUT2D eigenvalue weighted by atomic mass is 9.79. The van der Waals surface area contributed by atoms with Gasteiger partial charge >= 0.3 is 0 Å². The zero-order valence-corrected chi connectivity index (χ0v) is 17.8. The van der Waals surface area contributed by atoms with Crippen LogP contribution in [0.25, 0.3) is 11.4 Å². The Kier molecular flexibility index (Phi) is 5.40. The highest BCUT2D eigenvalue weighted by molar-refractivity contribution is 5.53. The highest BCUT2D eigenvalue weighted by atomic mass is 16.5. The van der Waals surface area contributed by atoms with E-state index < -0.39 is 0 Å². The van der Waals surface area contributed by atoms with Gasteiger partial charge in [0, 0.05) is 25.2 Å². The van der Waals surface area contributed by atoms with E-state index in [9.17, 15) is 0 Å². The normalized spacial score (nSPS) is 22.7. The van der Waals surface area contributed by atoms with Crippen molar-refractivity contribution in [3.05, 3.63) is 71.6 Å². The second kappa shape index (κ2) is 8.32. The molecule has 5 nitrogen and oxygen atoms in total. The first-order valence-electron chi connectivity index (χ1n) is 11.1. The molecule has 0 saturated carbocycles. The summed E-state index contributed by atoms with van der Waals surface area (Å²) in [4.78, 5) is 9.78. The summed E-state index contributed by atoms with van der Waals surface area (Å²) in [7, 11) is 0. The van der Waals surface area contributed by atoms with Crippen molar-refractivity contribution in [2.75, 3.05) is 26.2 Å². The predicted molar refractivity (Wildman–Crippen MR) is 118 cm³/mol. The molecule has 0 aliphatic carbocycles. The van der Waals surface area contributed by atoms with Crippen LogP contribution in [0, 0.1) is 12.3 Å². The molecule has 5 heteroatoms. The smallest absolute Gasteiger partial charge is 0.241 e. The number of hydrogen-bond donors (Lipinski definition) is 0. The molecule has 3 heterocycles. The van der Waals surface area contributed by atoms with Gasteiger partial charge in [0.15, 0.2) is 0 Å². The summed E-state index contributed by atoms with van der Waals surface area (Å²) in [6.45, 7) is 8.63. The molecule has 0 radical (unpaired) electrons. The van der Waals surface area contributed by atoms with Gasteiger partial charge in [-0.2, -0.15) is 4.98 Å². The van der Waals surface area contributed by atoms with E-state index in [2.05, 4.69) is 51.1 Å². The van der Waals surface area contributed by atoms with Crippen molar-refractivity contribution in [1.82, 2.24) is 19.9 Å². The van der Waals surface area contributed by atoms with Gasteiger partial charge in [-0.1, -0.05) is 65.3 Å². The largest absolute Gasteiger partial charge is 0.338 e. The lowest BCUT2D eigenvalue weighted by molar-refractivity contribution is 0.0853. The Morgan fingerprint density at radius 1 is 0.933 bits per heavy atom. The summed E-state index contributed by atoms with van der Waals surface area (Å²) in [6, 6.07) is 19.0. The standard InChI is InChI=1S/C25H30N4O/c1-20-7-5-8-21(15-20)16-28-13-6-11-25(18-28)12-14-29(19-25)17-23-26-24(27-30-23)22-9-3-2-4-10-22/h2-5,7-10,15H,6,11-14,16-19H2,1H3. The van der Waals surface area contributed by atoms with E-state index in [1.54, 1.807) is 0 Å². The van der Waals surface area contributed by atoms with E-state index in [1.165, 1.54) is 43.5 Å². The third-order valence-corrected chi connectivity index (χ3v) is 6.61. The molecule has 2 saturated heterocycles. The minimum Gasteiger partial charge on any atom is -0.338 e. The van der Waals surface area contributed by atoms with Crippen molar-refractivity contribution in [3.63, 3.8) is 0 Å². The zero-order chi connectivity index (χ0) is 20.4. The van der Waals surface area contributed by atoms with Crippen molar-refractivity contribution in [1.29, 1.82) is 0 Å². The number of likely N-dealkylation sites (tertiary alicyclic amines) is 2. The van der Waals surface area contributed by atoms with Crippen molar-refractivity contribution in [3.8, 4) is 11.4 Å². The van der Waals surface area contributed by atoms with Crippen LogP contribution in [0.2, 0.25) is 0 Å². The first kappa shape index (κ1) is 19.5. The molecule has 2 aromatic carbocycles. The molecule has 0 bridgehead atoms. The van der Waals surface area contributed by atoms with Crippen LogP contribution in [0.15, 0.2) is 59.1 Å². The van der Waals surface area contributed by atoms with Gasteiger partial charge in [0.2, 0.25) is 11.7 Å². The second-order valence-electron chi connectivity index (χ2n) is 9.14. The topological polar surface area (TPSA) is 45.4 Å². The van der Waals surface area contributed by atoms with E-state index in [1.807, 2.05) is 30.3 Å². The maximum absolute atomic E-state index is 5.55. The zero-order valence-electron chi connectivity index (χ0n) is 17.8. The maximum atomic E-state index is 5.55. The summed E-state index contributed by atoms with van der Waals surface area (Å²) in [5.41, 5.74) is 4.19. The molecular weight excluding hydrogens is 372 g/mol. The summed E-state index contributed by atoms with van der Waals surface area (Å²) in [5, 5.41) is 4.18. The van der Waals surface area contributed by atoms with Crippen molar-refractivity contribution < 1.29 is 4.52 Å². The van der Waals surface area contributed by atoms with Gasteiger partial charge in [0.05, 0.1) is 6.54 Å². The minimum absolute atomic E-state index is 0.407. The average Bonchev–Trinajstić information content (AvgIpc) is 3.36. The van der Waals surface area contributed by atoms with Crippen LogP contribution >= 0.6 is 0 Å². The Morgan fingerprint density at radius 3 is 2.60 bits per heavy atom. The molecule has 1 unspecified atom stereocenters. The first-order chi connectivity index (χ1) is 14.7. The summed E-state index contributed by atoms with van der Waals surface area (Å²) < 4.78 is 5.55. The fraction of sp³-hybridized carbons (Fsp3) is 0.440. The molecule has 2 aliphatic heterocycles. The van der Waals surface area contributed by atoms with Gasteiger partial charge in [-0.3, -0.25) is 9.80 Å². The Labute approximate surface area is 178 Å². The first-order valence-corrected chi connectivity index (χ1v) is 11.1. The van der Waals surface area contributed by atoms with E-state index in [0.717, 1.165) is 37.6 Å². The fourth-order valence-electron chi connectivity index (χ4n) is 5.22. The maximum Gasteiger partial charge on any atom is 0.241 e. The van der Waals surface area contributed by atoms with E-state index in [-0.39, 0.29) is 0 Å². The van der Waals surface area contributed by atoms with E-state index in [4.69, 9.17) is 4.52 Å². The van der Waals surface area contributed by atoms with Gasteiger partial charge in [0.1, 0.15) is 0 Å². The quantitative estimate of drug-likeness (QED) is 0.627. The molecule has 3 aromatic rings. The summed E-state index contributed by atoms with van der Waals surface area (Å²) >= 11 is 0. The molecule has 5 rings (SSSR count). The van der Waals surface area contributed by atoms with Gasteiger partial charge in [-0.15, -0.1) is 0 Å². The van der Waals surface area contributed by atoms with Gasteiger partial charge < -0.3 is 4.52 Å². The Balaban J connectivity index is 1.20. The SMILES string of the molecule is Cc1cccc(CN2CCCC3(CCN(Cc4nc(-c5ccccc5)no4)C3)C2)c1. The van der Waals surface area contributed by atoms with Crippen molar-refractivity contribution in [2.45, 2.75) is 39.3 Å². The molecule has 2 fully saturated rings. The molecule has 1 atom stereocenters. The fourth-order valence-corrected chi connectivity index (χ4v) is 5.22. The Hall–Kier alpha value is -2.50. The average molecular weight is 403 g/mol. The van der Waals surface area contributed by atoms with Crippen LogP contribution in [0.3, 0.4) is 0 Å². The summed E-state index contributed by atoms with van der Waals surface area (Å²) in [6.07, 6.45) is 3.88. The molecule has 1 spiro atoms. The number of aryl methyl sites for hydroxylation is 1. The highest BCUT2D eigenvalue weighted by Crippen LogP contribution is 2.39. The second-order valence-corrected chi connectivity index (χ2v) is 9.14. The van der Waals surface area contributed by atoms with Crippen LogP contribution in [-0.4, -0.2) is 46.1 Å². The minimum atomic E-state index is 0.407. The van der Waals surface area contributed by atoms with Crippen LogP contribution in [-0.2, 0) is 13.1 Å². The lowest BCUT2D eigenvalue weighted by Crippen LogP contribution is -2.44. The summed E-state index contributed by atoms with van der Waals surface area (Å²) in [5.74, 6) is 1.40. The predicted octanol–water partition coefficient (Wildman–Crippen LogP) is 4.53. The van der Waals surface area contributed by atoms with Gasteiger partial charge in [-0.05, 0) is 50.3 Å². The number of aromatic nitrogens is 2. The molecule has 1 aromatic heterocycles. The van der Waals surface area contributed by atoms with Crippen LogP contribution in [0.1, 0.15) is 36.3 Å². The van der Waals surface area contributed by atoms with Gasteiger partial charge in [0.25, 0.3) is 0 Å². The number of rotatable bonds is 5. The number of nitrogens with zero attached hydrogens (tertiary/aromatic N) is 4. The molecular formula is C25H30N4O. The van der Waals surface area contributed by atoms with E-state index in [0.29, 0.717) is 11.2 Å². The molecule has 0 amide bonds. The van der Waals surface area contributed by atoms with Crippen LogP contribution in [0.4, 0.5) is 0 Å². The van der Waals surface area contributed by atoms with E-state index >= 15 is 0 Å². The highest BCUT2D eigenvalue weighted by Gasteiger charge is 2.41.